The van der Waals surface area contributed by atoms with Crippen LogP contribution in [-0.2, 0) is 9.84 Å². The monoisotopic (exact) mass is 283 g/mol. The largest absolute Gasteiger partial charge is 0.396 e. The van der Waals surface area contributed by atoms with Crippen molar-refractivity contribution in [3.63, 3.8) is 0 Å². The minimum Gasteiger partial charge on any atom is -0.396 e. The summed E-state index contributed by atoms with van der Waals surface area (Å²) >= 11 is 0. The van der Waals surface area contributed by atoms with Gasteiger partial charge in [0.2, 0.25) is 0 Å². The van der Waals surface area contributed by atoms with Crippen molar-refractivity contribution in [3.8, 4) is 0 Å². The van der Waals surface area contributed by atoms with E-state index in [-0.39, 0.29) is 18.1 Å². The summed E-state index contributed by atoms with van der Waals surface area (Å²) in [6.07, 6.45) is 3.37. The maximum Gasteiger partial charge on any atom is 0.175 e. The van der Waals surface area contributed by atoms with E-state index in [1.807, 2.05) is 19.1 Å². The van der Waals surface area contributed by atoms with Gasteiger partial charge in [-0.1, -0.05) is 12.1 Å². The Morgan fingerprint density at radius 3 is 2.32 bits per heavy atom. The van der Waals surface area contributed by atoms with Crippen LogP contribution in [0.3, 0.4) is 0 Å². The first-order valence-electron chi connectivity index (χ1n) is 6.51. The normalized spacial score (nSPS) is 19.1. The molecule has 1 aliphatic carbocycles. The van der Waals surface area contributed by atoms with Crippen LogP contribution in [0.1, 0.15) is 31.4 Å². The van der Waals surface area contributed by atoms with Gasteiger partial charge < -0.3 is 10.4 Å². The summed E-state index contributed by atoms with van der Waals surface area (Å²) in [5.74, 6) is 0. The first-order chi connectivity index (χ1) is 8.86. The molecule has 1 fully saturated rings. The molecule has 106 valence electrons. The minimum atomic E-state index is -3.13. The van der Waals surface area contributed by atoms with Gasteiger partial charge in [-0.2, -0.15) is 0 Å². The highest BCUT2D eigenvalue weighted by Gasteiger charge is 2.41. The zero-order valence-electron chi connectivity index (χ0n) is 11.4. The molecule has 1 atom stereocenters. The van der Waals surface area contributed by atoms with Crippen LogP contribution < -0.4 is 5.32 Å². The third-order valence-electron chi connectivity index (χ3n) is 3.88. The van der Waals surface area contributed by atoms with E-state index in [0.717, 1.165) is 24.9 Å². The van der Waals surface area contributed by atoms with Gasteiger partial charge in [0.25, 0.3) is 0 Å². The molecule has 0 spiro atoms. The summed E-state index contributed by atoms with van der Waals surface area (Å²) in [5.41, 5.74) is 1.14. The average Bonchev–Trinajstić information content (AvgIpc) is 3.16. The van der Waals surface area contributed by atoms with Crippen LogP contribution in [0, 0.1) is 5.41 Å². The molecule has 2 rings (SSSR count). The average molecular weight is 283 g/mol. The summed E-state index contributed by atoms with van der Waals surface area (Å²) < 4.78 is 22.7. The molecule has 1 aromatic carbocycles. The van der Waals surface area contributed by atoms with Crippen LogP contribution >= 0.6 is 0 Å². The van der Waals surface area contributed by atoms with E-state index in [2.05, 4.69) is 5.32 Å². The summed E-state index contributed by atoms with van der Waals surface area (Å²) in [6.45, 7) is 3.08. The molecule has 5 heteroatoms. The van der Waals surface area contributed by atoms with E-state index in [1.54, 1.807) is 12.1 Å². The molecular weight excluding hydrogens is 262 g/mol. The molecule has 0 heterocycles. The molecule has 0 saturated heterocycles. The Morgan fingerprint density at radius 1 is 1.32 bits per heavy atom. The van der Waals surface area contributed by atoms with Crippen molar-refractivity contribution in [2.75, 3.05) is 19.4 Å². The molecule has 0 amide bonds. The highest BCUT2D eigenvalue weighted by molar-refractivity contribution is 7.90. The molecule has 0 aromatic heterocycles. The number of aliphatic hydroxyl groups excluding tert-OH is 1. The van der Waals surface area contributed by atoms with Gasteiger partial charge in [-0.05, 0) is 37.5 Å². The maximum absolute atomic E-state index is 11.4. The molecule has 1 unspecified atom stereocenters. The van der Waals surface area contributed by atoms with Crippen molar-refractivity contribution in [3.05, 3.63) is 29.8 Å². The Hall–Kier alpha value is -0.910. The van der Waals surface area contributed by atoms with Gasteiger partial charge in [0.1, 0.15) is 0 Å². The van der Waals surface area contributed by atoms with Gasteiger partial charge in [-0.15, -0.1) is 0 Å². The lowest BCUT2D eigenvalue weighted by molar-refractivity contribution is 0.204. The number of nitrogens with one attached hydrogen (secondary N) is 1. The van der Waals surface area contributed by atoms with E-state index in [1.165, 1.54) is 6.26 Å². The van der Waals surface area contributed by atoms with Gasteiger partial charge >= 0.3 is 0 Å². The first-order valence-corrected chi connectivity index (χ1v) is 8.40. The third-order valence-corrected chi connectivity index (χ3v) is 5.01. The predicted octanol–water partition coefficient (Wildman–Crippen LogP) is 1.51. The summed E-state index contributed by atoms with van der Waals surface area (Å²) in [7, 11) is -3.13. The molecule has 1 aliphatic rings. The van der Waals surface area contributed by atoms with Crippen molar-refractivity contribution in [1.29, 1.82) is 0 Å². The fourth-order valence-electron chi connectivity index (χ4n) is 2.06. The minimum absolute atomic E-state index is 0.0843. The molecule has 0 radical (unpaired) electrons. The maximum atomic E-state index is 11.4. The van der Waals surface area contributed by atoms with E-state index in [9.17, 15) is 13.5 Å². The summed E-state index contributed by atoms with van der Waals surface area (Å²) in [4.78, 5) is 0.345. The number of aliphatic hydroxyl groups is 1. The lowest BCUT2D eigenvalue weighted by atomic mass is 10.1. The topological polar surface area (TPSA) is 66.4 Å². The van der Waals surface area contributed by atoms with E-state index in [4.69, 9.17) is 0 Å². The van der Waals surface area contributed by atoms with Crippen LogP contribution in [-0.4, -0.2) is 32.9 Å². The SMILES string of the molecule is CC(NCC1(CO)CC1)c1ccc(S(C)(=O)=O)cc1. The second kappa shape index (κ2) is 5.23. The third kappa shape index (κ3) is 3.55. The van der Waals surface area contributed by atoms with Crippen LogP contribution in [0.5, 0.6) is 0 Å². The van der Waals surface area contributed by atoms with Gasteiger partial charge in [-0.3, -0.25) is 0 Å². The van der Waals surface area contributed by atoms with Crippen LogP contribution in [0.25, 0.3) is 0 Å². The van der Waals surface area contributed by atoms with Crippen molar-refractivity contribution >= 4 is 9.84 Å². The van der Waals surface area contributed by atoms with Crippen LogP contribution in [0.2, 0.25) is 0 Å². The molecule has 2 N–H and O–H groups in total. The quantitative estimate of drug-likeness (QED) is 0.830. The number of hydrogen-bond acceptors (Lipinski definition) is 4. The van der Waals surface area contributed by atoms with Crippen molar-refractivity contribution < 1.29 is 13.5 Å². The molecule has 1 saturated carbocycles. The Bertz CT molecular complexity index is 532. The Kier molecular flexibility index (Phi) is 3.99. The van der Waals surface area contributed by atoms with Gasteiger partial charge in [0.05, 0.1) is 4.90 Å². The fraction of sp³-hybridized carbons (Fsp3) is 0.571. The standard InChI is InChI=1S/C14H21NO3S/c1-11(15-9-14(10-16)7-8-14)12-3-5-13(6-4-12)19(2,17)18/h3-6,11,15-16H,7-10H2,1-2H3. The number of hydrogen-bond donors (Lipinski definition) is 2. The Labute approximate surface area is 114 Å². The predicted molar refractivity (Wildman–Crippen MR) is 74.7 cm³/mol. The number of benzene rings is 1. The zero-order chi connectivity index (χ0) is 14.1. The second-order valence-corrected chi connectivity index (χ2v) is 7.62. The fourth-order valence-corrected chi connectivity index (χ4v) is 2.69. The van der Waals surface area contributed by atoms with Crippen molar-refractivity contribution in [2.45, 2.75) is 30.7 Å². The van der Waals surface area contributed by atoms with E-state index in [0.29, 0.717) is 4.90 Å². The zero-order valence-corrected chi connectivity index (χ0v) is 12.2. The number of rotatable bonds is 6. The van der Waals surface area contributed by atoms with E-state index < -0.39 is 9.84 Å². The van der Waals surface area contributed by atoms with Gasteiger partial charge in [0.15, 0.2) is 9.84 Å². The molecule has 0 aliphatic heterocycles. The molecule has 0 bridgehead atoms. The highest BCUT2D eigenvalue weighted by atomic mass is 32.2. The highest BCUT2D eigenvalue weighted by Crippen LogP contribution is 2.44. The number of sulfone groups is 1. The molecule has 4 nitrogen and oxygen atoms in total. The molecule has 19 heavy (non-hydrogen) atoms. The molecular formula is C14H21NO3S. The Balaban J connectivity index is 1.98. The lowest BCUT2D eigenvalue weighted by Crippen LogP contribution is -2.28. The smallest absolute Gasteiger partial charge is 0.175 e. The summed E-state index contributed by atoms with van der Waals surface area (Å²) in [5, 5.41) is 12.7. The first kappa shape index (κ1) is 14.5. The van der Waals surface area contributed by atoms with Crippen LogP contribution in [0.15, 0.2) is 29.2 Å². The van der Waals surface area contributed by atoms with Gasteiger partial charge in [-0.25, -0.2) is 8.42 Å². The van der Waals surface area contributed by atoms with Crippen molar-refractivity contribution in [2.24, 2.45) is 5.41 Å². The van der Waals surface area contributed by atoms with Gasteiger partial charge in [0, 0.05) is 30.9 Å². The van der Waals surface area contributed by atoms with Crippen LogP contribution in [0.4, 0.5) is 0 Å². The van der Waals surface area contributed by atoms with Crippen molar-refractivity contribution in [1.82, 2.24) is 5.32 Å². The molecule has 1 aromatic rings. The summed E-state index contributed by atoms with van der Waals surface area (Å²) in [6, 6.07) is 7.11. The lowest BCUT2D eigenvalue weighted by Gasteiger charge is -2.19. The second-order valence-electron chi connectivity index (χ2n) is 5.60. The Morgan fingerprint density at radius 2 is 1.89 bits per heavy atom. The van der Waals surface area contributed by atoms with E-state index >= 15 is 0 Å².